The van der Waals surface area contributed by atoms with E-state index in [0.717, 1.165) is 0 Å². The van der Waals surface area contributed by atoms with Crippen LogP contribution in [0.5, 0.6) is 0 Å². The van der Waals surface area contributed by atoms with Crippen LogP contribution in [0.3, 0.4) is 0 Å². The second kappa shape index (κ2) is 27.1. The first-order valence-electron chi connectivity index (χ1n) is 21.0. The summed E-state index contributed by atoms with van der Waals surface area (Å²) in [5.74, 6) is -9.03. The van der Waals surface area contributed by atoms with Gasteiger partial charge in [0.2, 0.25) is 53.2 Å². The van der Waals surface area contributed by atoms with Crippen LogP contribution in [0, 0.1) is 29.6 Å². The maximum Gasteiger partial charge on any atom is 0.245 e. The average Bonchev–Trinajstić information content (AvgIpc) is 3.17. The summed E-state index contributed by atoms with van der Waals surface area (Å²) >= 11 is 0. The molecule has 21 heteroatoms. The minimum Gasteiger partial charge on any atom is -0.394 e. The first kappa shape index (κ1) is 56.1. The molecule has 0 saturated heterocycles. The minimum absolute atomic E-state index is 0.120. The summed E-state index contributed by atoms with van der Waals surface area (Å²) in [6.45, 7) is 18.5. The van der Waals surface area contributed by atoms with Crippen LogP contribution in [0.15, 0.2) is 0 Å². The lowest BCUT2D eigenvalue weighted by Gasteiger charge is -2.30. The third kappa shape index (κ3) is 18.7. The molecule has 0 heterocycles. The monoisotopic (exact) mass is 871 g/mol. The molecule has 61 heavy (non-hydrogen) atoms. The summed E-state index contributed by atoms with van der Waals surface area (Å²) in [6, 6.07) is -10.2. The Morgan fingerprint density at radius 1 is 0.475 bits per heavy atom. The van der Waals surface area contributed by atoms with E-state index in [1.165, 1.54) is 6.92 Å². The number of carbonyl (C=O) groups is 9. The summed E-state index contributed by atoms with van der Waals surface area (Å²) in [5.41, 5.74) is 10.8. The molecule has 0 spiro atoms. The van der Waals surface area contributed by atoms with Crippen LogP contribution >= 0.6 is 0 Å². The van der Waals surface area contributed by atoms with Crippen molar-refractivity contribution in [2.24, 2.45) is 41.1 Å². The largest absolute Gasteiger partial charge is 0.394 e. The smallest absolute Gasteiger partial charge is 0.245 e. The summed E-state index contributed by atoms with van der Waals surface area (Å²) in [4.78, 5) is 118. The van der Waals surface area contributed by atoms with E-state index in [1.54, 1.807) is 69.2 Å². The molecular weight excluding hydrogens is 796 g/mol. The fourth-order valence-corrected chi connectivity index (χ4v) is 6.01. The first-order valence-corrected chi connectivity index (χ1v) is 21.0. The number of amides is 9. The van der Waals surface area contributed by atoms with E-state index < -0.39 is 126 Å². The molecule has 3 unspecified atom stereocenters. The van der Waals surface area contributed by atoms with Crippen LogP contribution in [-0.2, 0) is 43.2 Å². The van der Waals surface area contributed by atoms with Gasteiger partial charge in [-0.1, -0.05) is 82.6 Å². The SMILES string of the molecule is CCC(C)[C@H](NC(=O)CN)C(=O)NC(CC(C)C)C(=O)N[C@H](C(=O)N[C@H](C(=O)N[C@@H](CO)C(=O)N[C@H](C(=O)N[C@@H](CC)C(=O)N[C@H](C(N)=O)C(C)C)C(C)C)C(C)C)C(C)O. The van der Waals surface area contributed by atoms with Gasteiger partial charge in [-0.2, -0.15) is 0 Å². The van der Waals surface area contributed by atoms with E-state index >= 15 is 0 Å². The van der Waals surface area contributed by atoms with Crippen LogP contribution in [0.2, 0.25) is 0 Å². The van der Waals surface area contributed by atoms with Gasteiger partial charge < -0.3 is 64.2 Å². The first-order chi connectivity index (χ1) is 28.3. The van der Waals surface area contributed by atoms with E-state index in [1.807, 2.05) is 6.92 Å². The van der Waals surface area contributed by atoms with Gasteiger partial charge in [-0.25, -0.2) is 0 Å². The molecule has 0 aromatic carbocycles. The van der Waals surface area contributed by atoms with Crippen molar-refractivity contribution in [1.82, 2.24) is 42.5 Å². The number of hydrogen-bond acceptors (Lipinski definition) is 12. The van der Waals surface area contributed by atoms with Crippen molar-refractivity contribution in [3.05, 3.63) is 0 Å². The lowest BCUT2D eigenvalue weighted by molar-refractivity contribution is -0.138. The van der Waals surface area contributed by atoms with E-state index in [-0.39, 0.29) is 37.1 Å². The third-order valence-electron chi connectivity index (χ3n) is 10.0. The zero-order chi connectivity index (χ0) is 47.5. The van der Waals surface area contributed by atoms with Gasteiger partial charge in [0, 0.05) is 0 Å². The number of aliphatic hydroxyl groups is 2. The predicted molar refractivity (Wildman–Crippen MR) is 226 cm³/mol. The van der Waals surface area contributed by atoms with Gasteiger partial charge in [-0.15, -0.1) is 0 Å². The van der Waals surface area contributed by atoms with Crippen molar-refractivity contribution in [2.45, 2.75) is 157 Å². The maximum atomic E-state index is 13.6. The van der Waals surface area contributed by atoms with E-state index in [4.69, 9.17) is 11.5 Å². The molecule has 0 aliphatic heterocycles. The van der Waals surface area contributed by atoms with Gasteiger partial charge >= 0.3 is 0 Å². The third-order valence-corrected chi connectivity index (χ3v) is 10.0. The van der Waals surface area contributed by atoms with Gasteiger partial charge in [0.1, 0.15) is 48.3 Å². The molecule has 0 saturated carbocycles. The molecule has 21 nitrogen and oxygen atoms in total. The van der Waals surface area contributed by atoms with Crippen molar-refractivity contribution in [3.8, 4) is 0 Å². The van der Waals surface area contributed by atoms with Crippen molar-refractivity contribution in [2.75, 3.05) is 13.2 Å². The second-order valence-corrected chi connectivity index (χ2v) is 16.9. The topological polar surface area (TPSA) is 342 Å². The zero-order valence-corrected chi connectivity index (χ0v) is 37.8. The van der Waals surface area contributed by atoms with Crippen LogP contribution in [0.25, 0.3) is 0 Å². The van der Waals surface area contributed by atoms with Gasteiger partial charge in [-0.3, -0.25) is 43.2 Å². The normalized spacial score (nSPS) is 16.4. The molecule has 0 fully saturated rings. The highest BCUT2D eigenvalue weighted by Gasteiger charge is 2.37. The standard InChI is InChI=1S/C40H74N10O11/c1-13-22(11)31(46-27(53)16-41)39(60)44-25(15-18(3)4)35(56)50-32(23(12)52)40(61)49-30(21(9)10)38(59)45-26(17-51)36(57)48-29(20(7)8)37(58)43-24(14-2)34(55)47-28(19(5)6)33(42)54/h18-26,28-32,51-52H,13-17,41H2,1-12H3,(H2,42,54)(H,43,58)(H,44,60)(H,45,59)(H,46,53)(H,47,55)(H,48,57)(H,49,61)(H,50,56)/t22?,23?,24-,25?,26-,28-,29-,30-,31-,32-/m0/s1. The summed E-state index contributed by atoms with van der Waals surface area (Å²) in [6.07, 6.45) is -0.740. The number of nitrogens with one attached hydrogen (secondary N) is 8. The summed E-state index contributed by atoms with van der Waals surface area (Å²) in [7, 11) is 0. The molecule has 0 bridgehead atoms. The molecule has 14 N–H and O–H groups in total. The number of hydrogen-bond donors (Lipinski definition) is 12. The Morgan fingerprint density at radius 2 is 0.852 bits per heavy atom. The minimum atomic E-state index is -1.63. The van der Waals surface area contributed by atoms with E-state index in [9.17, 15) is 53.4 Å². The molecule has 350 valence electrons. The Kier molecular flexibility index (Phi) is 25.0. The van der Waals surface area contributed by atoms with E-state index in [2.05, 4.69) is 42.5 Å². The Bertz CT molecular complexity index is 1510. The second-order valence-electron chi connectivity index (χ2n) is 16.9. The highest BCUT2D eigenvalue weighted by molar-refractivity contribution is 5.98. The van der Waals surface area contributed by atoms with Crippen molar-refractivity contribution in [1.29, 1.82) is 0 Å². The Hall–Kier alpha value is -4.89. The molecule has 0 aromatic rings. The Labute approximate surface area is 359 Å². The fourth-order valence-electron chi connectivity index (χ4n) is 6.01. The highest BCUT2D eigenvalue weighted by atomic mass is 16.3. The predicted octanol–water partition coefficient (Wildman–Crippen LogP) is -2.85. The number of aliphatic hydroxyl groups excluding tert-OH is 2. The Morgan fingerprint density at radius 3 is 1.25 bits per heavy atom. The van der Waals surface area contributed by atoms with Gasteiger partial charge in [0.15, 0.2) is 0 Å². The summed E-state index contributed by atoms with van der Waals surface area (Å²) in [5, 5.41) is 40.9. The lowest BCUT2D eigenvalue weighted by atomic mass is 9.96. The van der Waals surface area contributed by atoms with Gasteiger partial charge in [0.05, 0.1) is 19.3 Å². The highest BCUT2D eigenvalue weighted by Crippen LogP contribution is 2.13. The molecule has 0 rings (SSSR count). The summed E-state index contributed by atoms with van der Waals surface area (Å²) < 4.78 is 0. The van der Waals surface area contributed by atoms with Crippen LogP contribution in [0.4, 0.5) is 0 Å². The van der Waals surface area contributed by atoms with Crippen molar-refractivity contribution in [3.63, 3.8) is 0 Å². The van der Waals surface area contributed by atoms with E-state index in [0.29, 0.717) is 6.42 Å². The van der Waals surface area contributed by atoms with Gasteiger partial charge in [-0.05, 0) is 49.4 Å². The Balaban J connectivity index is 6.10. The quantitative estimate of drug-likeness (QED) is 0.0397. The number of primary amides is 1. The van der Waals surface area contributed by atoms with Crippen molar-refractivity contribution >= 4 is 53.2 Å². The molecule has 10 atom stereocenters. The molecule has 0 aromatic heterocycles. The molecule has 9 amide bonds. The molecule has 0 radical (unpaired) electrons. The maximum absolute atomic E-state index is 13.6. The molecular formula is C40H74N10O11. The molecule has 0 aliphatic rings. The van der Waals surface area contributed by atoms with Crippen LogP contribution in [0.1, 0.15) is 102 Å². The number of nitrogens with two attached hydrogens (primary N) is 2. The van der Waals surface area contributed by atoms with Crippen molar-refractivity contribution < 1.29 is 53.4 Å². The zero-order valence-electron chi connectivity index (χ0n) is 37.8. The number of rotatable bonds is 27. The molecule has 0 aliphatic carbocycles. The van der Waals surface area contributed by atoms with Gasteiger partial charge in [0.25, 0.3) is 0 Å². The lowest BCUT2D eigenvalue weighted by Crippen LogP contribution is -2.63. The van der Waals surface area contributed by atoms with Crippen LogP contribution in [-0.4, -0.2) is 131 Å². The van der Waals surface area contributed by atoms with Crippen LogP contribution < -0.4 is 54.0 Å². The fraction of sp³-hybridized carbons (Fsp3) is 0.775. The average molecular weight is 871 g/mol. The number of carbonyl (C=O) groups excluding carboxylic acids is 9.